The van der Waals surface area contributed by atoms with Gasteiger partial charge in [0.05, 0.1) is 29.6 Å². The fourth-order valence-electron chi connectivity index (χ4n) is 9.56. The Balaban J connectivity index is 1.47. The first-order valence-corrected chi connectivity index (χ1v) is 17.5. The zero-order valence-electron chi connectivity index (χ0n) is 30.7. The van der Waals surface area contributed by atoms with Crippen LogP contribution in [0.25, 0.3) is 0 Å². The van der Waals surface area contributed by atoms with Crippen molar-refractivity contribution in [3.05, 3.63) is 69.2 Å². The van der Waals surface area contributed by atoms with Crippen LogP contribution in [0, 0.1) is 39.7 Å². The quantitative estimate of drug-likeness (QED) is 0.130. The van der Waals surface area contributed by atoms with Gasteiger partial charge in [0.25, 0.3) is 0 Å². The molecule has 3 aliphatic carbocycles. The number of hydrogen-bond acceptors (Lipinski definition) is 14. The van der Waals surface area contributed by atoms with Gasteiger partial charge >= 0.3 is 23.9 Å². The highest BCUT2D eigenvalue weighted by Gasteiger charge is 2.78. The molecule has 53 heavy (non-hydrogen) atoms. The van der Waals surface area contributed by atoms with E-state index in [0.717, 1.165) is 6.20 Å². The van der Waals surface area contributed by atoms with Crippen LogP contribution >= 0.6 is 0 Å². The molecule has 1 aromatic carbocycles. The highest BCUT2D eigenvalue weighted by atomic mass is 16.7. The van der Waals surface area contributed by atoms with Crippen LogP contribution in [0.5, 0.6) is 0 Å². The Kier molecular flexibility index (Phi) is 9.57. The zero-order chi connectivity index (χ0) is 38.8. The first-order chi connectivity index (χ1) is 24.8. The molecule has 286 valence electrons. The Morgan fingerprint density at radius 1 is 1.13 bits per heavy atom. The lowest BCUT2D eigenvalue weighted by molar-refractivity contribution is -0.392. The zero-order valence-corrected chi connectivity index (χ0v) is 30.7. The number of carbonyl (C=O) groups excluding carboxylic acids is 4. The minimum absolute atomic E-state index is 0.117. The summed E-state index contributed by atoms with van der Waals surface area (Å²) in [5, 5.41) is 36.0. The summed E-state index contributed by atoms with van der Waals surface area (Å²) in [7, 11) is 0. The number of nitro groups is 1. The third kappa shape index (κ3) is 5.81. The van der Waals surface area contributed by atoms with Gasteiger partial charge in [-0.15, -0.1) is 0 Å². The standard InChI is InChI=1S/C37H45N3O13/c1-19-24(42)16-37(46)31(52-32(44)23-11-9-8-10-12-23)29-35(7,30(43)20(2)28(19)34(37,5)6)25(15-26-36(29,18-50-26)53-22(4)41)51-33(45)49-14-13-39-21(3)38-17-27(39)40(47)48/h8-12,17,20,24-26,29,31,42,46H,13-16,18H2,1-7H3/t20-,24+,25+,26-,29?,31+,35-,36+,37-/m1/s1. The molecule has 0 spiro atoms. The van der Waals surface area contributed by atoms with Crippen LogP contribution < -0.4 is 0 Å². The summed E-state index contributed by atoms with van der Waals surface area (Å²) in [6.45, 7) is 10.4. The average molecular weight is 740 g/mol. The second kappa shape index (κ2) is 13.3. The summed E-state index contributed by atoms with van der Waals surface area (Å²) in [4.78, 5) is 70.4. The number of rotatable bonds is 8. The molecule has 2 N–H and O–H groups in total. The lowest BCUT2D eigenvalue weighted by Gasteiger charge is -2.67. The van der Waals surface area contributed by atoms with Crippen molar-refractivity contribution in [2.24, 2.45) is 22.7 Å². The van der Waals surface area contributed by atoms with Crippen molar-refractivity contribution in [3.8, 4) is 0 Å². The van der Waals surface area contributed by atoms with Gasteiger partial charge in [-0.3, -0.25) is 9.59 Å². The summed E-state index contributed by atoms with van der Waals surface area (Å²) < 4.78 is 31.0. The maximum absolute atomic E-state index is 15.3. The molecule has 3 fully saturated rings. The topological polar surface area (TPSA) is 216 Å². The SMILES string of the molecule is CC(=O)O[C@@]12CO[C@@H]1C[C@H](OC(=O)OCCn1c([N+](=O)[O-])cnc1C)[C@@]1(C)C(=O)[C@H](C)C3=C(C)[C@@H](O)C[C@@](O)([C@@H](OC(=O)c4ccccc4)C12)C3(C)C. The van der Waals surface area contributed by atoms with Gasteiger partial charge in [0, 0.05) is 38.0 Å². The van der Waals surface area contributed by atoms with Crippen LogP contribution in [0.15, 0.2) is 47.7 Å². The number of fused-ring (bicyclic) bond motifs is 5. The van der Waals surface area contributed by atoms with E-state index in [2.05, 4.69) is 4.98 Å². The van der Waals surface area contributed by atoms with Crippen LogP contribution in [-0.2, 0) is 39.8 Å². The minimum Gasteiger partial charge on any atom is -0.455 e. The smallest absolute Gasteiger partial charge is 0.455 e. The van der Waals surface area contributed by atoms with Crippen molar-refractivity contribution in [1.29, 1.82) is 0 Å². The highest BCUT2D eigenvalue weighted by Crippen LogP contribution is 2.65. The number of carbonyl (C=O) groups is 4. The number of aryl methyl sites for hydroxylation is 1. The van der Waals surface area contributed by atoms with E-state index in [1.165, 1.54) is 23.6 Å². The van der Waals surface area contributed by atoms with Gasteiger partial charge in [0.1, 0.15) is 49.0 Å². The normalized spacial score (nSPS) is 34.3. The van der Waals surface area contributed by atoms with Gasteiger partial charge in [-0.25, -0.2) is 19.1 Å². The van der Waals surface area contributed by atoms with Crippen molar-refractivity contribution in [2.45, 2.75) is 103 Å². The molecule has 0 radical (unpaired) electrons. The molecule has 2 aromatic rings. The molecule has 2 saturated carbocycles. The van der Waals surface area contributed by atoms with Crippen LogP contribution in [-0.4, -0.2) is 97.4 Å². The molecule has 16 heteroatoms. The minimum atomic E-state index is -2.07. The monoisotopic (exact) mass is 739 g/mol. The number of benzene rings is 1. The largest absolute Gasteiger partial charge is 0.508 e. The van der Waals surface area contributed by atoms with E-state index < -0.39 is 87.1 Å². The number of esters is 2. The van der Waals surface area contributed by atoms with Gasteiger partial charge < -0.3 is 44.0 Å². The van der Waals surface area contributed by atoms with Crippen LogP contribution in [0.3, 0.4) is 0 Å². The van der Waals surface area contributed by atoms with Crippen LogP contribution in [0.2, 0.25) is 0 Å². The molecule has 4 aliphatic rings. The van der Waals surface area contributed by atoms with Gasteiger partial charge in [0.2, 0.25) is 0 Å². The third-order valence-corrected chi connectivity index (χ3v) is 12.2. The molecule has 2 bridgehead atoms. The average Bonchev–Trinajstić information content (AvgIpc) is 3.46. The number of ether oxygens (including phenoxy) is 5. The third-order valence-electron chi connectivity index (χ3n) is 12.2. The Morgan fingerprint density at radius 2 is 1.81 bits per heavy atom. The van der Waals surface area contributed by atoms with E-state index in [-0.39, 0.29) is 44.0 Å². The number of hydrogen-bond donors (Lipinski definition) is 2. The molecule has 1 unspecified atom stereocenters. The highest BCUT2D eigenvalue weighted by molar-refractivity contribution is 5.92. The van der Waals surface area contributed by atoms with E-state index in [4.69, 9.17) is 23.7 Å². The van der Waals surface area contributed by atoms with E-state index in [0.29, 0.717) is 17.0 Å². The summed E-state index contributed by atoms with van der Waals surface area (Å²) in [5.74, 6) is -4.34. The molecule has 1 aliphatic heterocycles. The van der Waals surface area contributed by atoms with Gasteiger partial charge in [0.15, 0.2) is 11.4 Å². The van der Waals surface area contributed by atoms with Crippen molar-refractivity contribution in [2.75, 3.05) is 13.2 Å². The summed E-state index contributed by atoms with van der Waals surface area (Å²) in [6, 6.07) is 8.03. The number of imidazole rings is 1. The number of ketones is 1. The fourth-order valence-corrected chi connectivity index (χ4v) is 9.56. The number of aliphatic hydroxyl groups is 2. The van der Waals surface area contributed by atoms with Crippen molar-refractivity contribution in [3.63, 3.8) is 0 Å². The number of aliphatic hydroxyl groups excluding tert-OH is 1. The molecule has 9 atom stereocenters. The Hall–Kier alpha value is -4.67. The first kappa shape index (κ1) is 38.1. The molecule has 1 saturated heterocycles. The molecule has 16 nitrogen and oxygen atoms in total. The Bertz CT molecular complexity index is 1870. The van der Waals surface area contributed by atoms with Gasteiger partial charge in [-0.1, -0.05) is 39.0 Å². The van der Waals surface area contributed by atoms with E-state index in [1.54, 1.807) is 59.7 Å². The van der Waals surface area contributed by atoms with Gasteiger partial charge in [-0.2, -0.15) is 0 Å². The Morgan fingerprint density at radius 3 is 2.42 bits per heavy atom. The lowest BCUT2D eigenvalue weighted by atomic mass is 9.43. The maximum Gasteiger partial charge on any atom is 0.508 e. The molecule has 2 heterocycles. The second-order valence-corrected chi connectivity index (χ2v) is 15.3. The number of Topliss-reactive ketones (excluding diaryl/α,β-unsaturated/α-hetero) is 1. The predicted octanol–water partition coefficient (Wildman–Crippen LogP) is 3.63. The fraction of sp³-hybridized carbons (Fsp3) is 0.595. The molecule has 0 amide bonds. The van der Waals surface area contributed by atoms with Crippen molar-refractivity contribution in [1.82, 2.24) is 9.55 Å². The summed E-state index contributed by atoms with van der Waals surface area (Å²) in [5.41, 5.74) is -5.75. The van der Waals surface area contributed by atoms with E-state index >= 15 is 4.79 Å². The van der Waals surface area contributed by atoms with Gasteiger partial charge in [-0.05, 0) is 42.0 Å². The second-order valence-electron chi connectivity index (χ2n) is 15.3. The molecular weight excluding hydrogens is 694 g/mol. The van der Waals surface area contributed by atoms with E-state index in [9.17, 15) is 34.7 Å². The predicted molar refractivity (Wildman–Crippen MR) is 182 cm³/mol. The number of aromatic nitrogens is 2. The Labute approximate surface area is 305 Å². The summed E-state index contributed by atoms with van der Waals surface area (Å²) >= 11 is 0. The van der Waals surface area contributed by atoms with Crippen LogP contribution in [0.1, 0.15) is 70.6 Å². The van der Waals surface area contributed by atoms with Crippen molar-refractivity contribution >= 4 is 29.7 Å². The van der Waals surface area contributed by atoms with E-state index in [1.807, 2.05) is 0 Å². The maximum atomic E-state index is 15.3. The lowest BCUT2D eigenvalue weighted by Crippen LogP contribution is -2.81. The molecular formula is C37H45N3O13. The van der Waals surface area contributed by atoms with Crippen LogP contribution in [0.4, 0.5) is 10.6 Å². The molecule has 1 aromatic heterocycles. The number of nitrogens with zero attached hydrogens (tertiary/aromatic N) is 3. The first-order valence-electron chi connectivity index (χ1n) is 17.5. The molecule has 6 rings (SSSR count). The van der Waals surface area contributed by atoms with Crippen molar-refractivity contribution < 1.29 is 58.0 Å². The summed E-state index contributed by atoms with van der Waals surface area (Å²) in [6.07, 6.45) is -5.71.